The first-order valence-electron chi connectivity index (χ1n) is 7.79. The lowest BCUT2D eigenvalue weighted by Gasteiger charge is -2.29. The van der Waals surface area contributed by atoms with E-state index in [0.29, 0.717) is 6.04 Å². The van der Waals surface area contributed by atoms with E-state index >= 15 is 0 Å². The summed E-state index contributed by atoms with van der Waals surface area (Å²) in [5, 5.41) is 6.45. The van der Waals surface area contributed by atoms with Crippen LogP contribution in [0.1, 0.15) is 51.9 Å². The summed E-state index contributed by atoms with van der Waals surface area (Å²) >= 11 is 0. The van der Waals surface area contributed by atoms with Gasteiger partial charge in [-0.15, -0.1) is 0 Å². The van der Waals surface area contributed by atoms with Gasteiger partial charge in [-0.1, -0.05) is 19.8 Å². The van der Waals surface area contributed by atoms with Crippen LogP contribution in [0.3, 0.4) is 0 Å². The van der Waals surface area contributed by atoms with Crippen LogP contribution in [0.4, 0.5) is 0 Å². The lowest BCUT2D eigenvalue weighted by Crippen LogP contribution is -2.46. The third-order valence-electron chi connectivity index (χ3n) is 4.63. The molecule has 1 amide bonds. The third-order valence-corrected chi connectivity index (χ3v) is 4.63. The second kappa shape index (κ2) is 7.25. The van der Waals surface area contributed by atoms with Gasteiger partial charge in [-0.05, 0) is 38.0 Å². The van der Waals surface area contributed by atoms with Crippen molar-refractivity contribution in [2.24, 2.45) is 5.92 Å². The zero-order valence-corrected chi connectivity index (χ0v) is 12.3. The molecule has 1 aliphatic heterocycles. The van der Waals surface area contributed by atoms with Gasteiger partial charge in [0, 0.05) is 19.7 Å². The van der Waals surface area contributed by atoms with E-state index in [9.17, 15) is 4.79 Å². The minimum Gasteiger partial charge on any atom is -0.380 e. The van der Waals surface area contributed by atoms with Crippen molar-refractivity contribution in [3.63, 3.8) is 0 Å². The summed E-state index contributed by atoms with van der Waals surface area (Å²) in [6.07, 6.45) is 8.47. The number of rotatable bonds is 5. The maximum Gasteiger partial charge on any atom is 0.237 e. The number of hydrogen-bond acceptors (Lipinski definition) is 3. The molecule has 4 nitrogen and oxygen atoms in total. The molecule has 19 heavy (non-hydrogen) atoms. The van der Waals surface area contributed by atoms with Crippen molar-refractivity contribution in [2.45, 2.75) is 70.1 Å². The number of hydrogen-bond donors (Lipinski definition) is 2. The van der Waals surface area contributed by atoms with Gasteiger partial charge < -0.3 is 15.4 Å². The molecule has 0 aromatic rings. The molecule has 1 heterocycles. The highest BCUT2D eigenvalue weighted by atomic mass is 16.5. The molecule has 2 atom stereocenters. The quantitative estimate of drug-likeness (QED) is 0.800. The Balaban J connectivity index is 1.69. The van der Waals surface area contributed by atoms with Gasteiger partial charge in [0.05, 0.1) is 12.1 Å². The lowest BCUT2D eigenvalue weighted by atomic mass is 9.83. The number of carbonyl (C=O) groups is 1. The standard InChI is InChI=1S/C15H28N2O2/c1-3-4-11-5-7-12(8-6-11)17-15(18)14-9-13(19-2)10-16-14/h11-14,16H,3-10H2,1-2H3,(H,17,18). The van der Waals surface area contributed by atoms with Gasteiger partial charge >= 0.3 is 0 Å². The molecule has 0 bridgehead atoms. The van der Waals surface area contributed by atoms with Gasteiger partial charge in [-0.3, -0.25) is 4.79 Å². The first kappa shape index (κ1) is 14.8. The van der Waals surface area contributed by atoms with Gasteiger partial charge in [0.2, 0.25) is 5.91 Å². The summed E-state index contributed by atoms with van der Waals surface area (Å²) in [7, 11) is 1.71. The largest absolute Gasteiger partial charge is 0.380 e. The monoisotopic (exact) mass is 268 g/mol. The predicted octanol–water partition coefficient (Wildman–Crippen LogP) is 1.84. The van der Waals surface area contributed by atoms with Crippen LogP contribution in [-0.2, 0) is 9.53 Å². The number of nitrogens with one attached hydrogen (secondary N) is 2. The highest BCUT2D eigenvalue weighted by Gasteiger charge is 2.31. The zero-order chi connectivity index (χ0) is 13.7. The molecule has 2 aliphatic rings. The summed E-state index contributed by atoms with van der Waals surface area (Å²) in [6, 6.07) is 0.335. The molecule has 2 rings (SSSR count). The average Bonchev–Trinajstić information content (AvgIpc) is 2.90. The van der Waals surface area contributed by atoms with E-state index in [1.54, 1.807) is 7.11 Å². The molecule has 0 radical (unpaired) electrons. The van der Waals surface area contributed by atoms with E-state index in [0.717, 1.165) is 31.7 Å². The van der Waals surface area contributed by atoms with Crippen LogP contribution >= 0.6 is 0 Å². The van der Waals surface area contributed by atoms with Crippen LogP contribution in [0, 0.1) is 5.92 Å². The third kappa shape index (κ3) is 4.18. The predicted molar refractivity (Wildman–Crippen MR) is 76.0 cm³/mol. The molecular weight excluding hydrogens is 240 g/mol. The number of methoxy groups -OCH3 is 1. The smallest absolute Gasteiger partial charge is 0.237 e. The first-order valence-corrected chi connectivity index (χ1v) is 7.79. The Labute approximate surface area is 116 Å². The summed E-state index contributed by atoms with van der Waals surface area (Å²) in [5.41, 5.74) is 0. The van der Waals surface area contributed by atoms with Crippen molar-refractivity contribution >= 4 is 5.91 Å². The maximum atomic E-state index is 12.2. The molecule has 2 fully saturated rings. The summed E-state index contributed by atoms with van der Waals surface area (Å²) in [4.78, 5) is 12.2. The van der Waals surface area contributed by atoms with E-state index in [-0.39, 0.29) is 18.1 Å². The van der Waals surface area contributed by atoms with Crippen LogP contribution in [-0.4, -0.2) is 37.7 Å². The maximum absolute atomic E-state index is 12.2. The number of carbonyl (C=O) groups excluding carboxylic acids is 1. The van der Waals surface area contributed by atoms with E-state index in [1.807, 2.05) is 0 Å². The number of amides is 1. The molecular formula is C15H28N2O2. The lowest BCUT2D eigenvalue weighted by molar-refractivity contribution is -0.124. The average molecular weight is 268 g/mol. The minimum absolute atomic E-state index is 0.0571. The second-order valence-electron chi connectivity index (χ2n) is 6.07. The highest BCUT2D eigenvalue weighted by molar-refractivity contribution is 5.82. The van der Waals surface area contributed by atoms with Crippen molar-refractivity contribution in [3.05, 3.63) is 0 Å². The summed E-state index contributed by atoms with van der Waals surface area (Å²) in [6.45, 7) is 3.05. The van der Waals surface area contributed by atoms with Crippen molar-refractivity contribution in [2.75, 3.05) is 13.7 Å². The molecule has 110 valence electrons. The molecule has 0 aromatic heterocycles. The Kier molecular flexibility index (Phi) is 5.64. The normalized spacial score (nSPS) is 35.3. The van der Waals surface area contributed by atoms with Crippen LogP contribution in [0.2, 0.25) is 0 Å². The second-order valence-corrected chi connectivity index (χ2v) is 6.07. The van der Waals surface area contributed by atoms with Crippen molar-refractivity contribution in [1.29, 1.82) is 0 Å². The molecule has 2 unspecified atom stereocenters. The number of ether oxygens (including phenoxy) is 1. The van der Waals surface area contributed by atoms with Gasteiger partial charge in [0.25, 0.3) is 0 Å². The fourth-order valence-corrected chi connectivity index (χ4v) is 3.39. The Hall–Kier alpha value is -0.610. The van der Waals surface area contributed by atoms with E-state index in [1.165, 1.54) is 25.7 Å². The molecule has 1 saturated heterocycles. The van der Waals surface area contributed by atoms with Crippen LogP contribution in [0.5, 0.6) is 0 Å². The fraction of sp³-hybridized carbons (Fsp3) is 0.933. The molecule has 1 aliphatic carbocycles. The van der Waals surface area contributed by atoms with Crippen molar-refractivity contribution in [3.8, 4) is 0 Å². The minimum atomic E-state index is -0.0571. The van der Waals surface area contributed by atoms with Crippen LogP contribution in [0.15, 0.2) is 0 Å². The van der Waals surface area contributed by atoms with Gasteiger partial charge in [0.1, 0.15) is 0 Å². The van der Waals surface area contributed by atoms with E-state index < -0.39 is 0 Å². The molecule has 1 saturated carbocycles. The van der Waals surface area contributed by atoms with Crippen LogP contribution < -0.4 is 10.6 Å². The SMILES string of the molecule is CCCC1CCC(NC(=O)C2CC(OC)CN2)CC1. The Morgan fingerprint density at radius 3 is 2.63 bits per heavy atom. The summed E-state index contributed by atoms with van der Waals surface area (Å²) in [5.74, 6) is 1.05. The zero-order valence-electron chi connectivity index (χ0n) is 12.3. The fourth-order valence-electron chi connectivity index (χ4n) is 3.39. The molecule has 0 spiro atoms. The Bertz CT molecular complexity index is 288. The van der Waals surface area contributed by atoms with E-state index in [4.69, 9.17) is 4.74 Å². The van der Waals surface area contributed by atoms with Crippen LogP contribution in [0.25, 0.3) is 0 Å². The Morgan fingerprint density at radius 1 is 1.32 bits per heavy atom. The van der Waals surface area contributed by atoms with Gasteiger partial charge in [-0.25, -0.2) is 0 Å². The Morgan fingerprint density at radius 2 is 2.05 bits per heavy atom. The topological polar surface area (TPSA) is 50.4 Å². The first-order chi connectivity index (χ1) is 9.22. The molecule has 0 aromatic carbocycles. The van der Waals surface area contributed by atoms with Gasteiger partial charge in [-0.2, -0.15) is 0 Å². The van der Waals surface area contributed by atoms with Crippen molar-refractivity contribution in [1.82, 2.24) is 10.6 Å². The van der Waals surface area contributed by atoms with Crippen molar-refractivity contribution < 1.29 is 9.53 Å². The van der Waals surface area contributed by atoms with Gasteiger partial charge in [0.15, 0.2) is 0 Å². The highest BCUT2D eigenvalue weighted by Crippen LogP contribution is 2.27. The molecule has 4 heteroatoms. The summed E-state index contributed by atoms with van der Waals surface area (Å²) < 4.78 is 5.28. The molecule has 2 N–H and O–H groups in total. The van der Waals surface area contributed by atoms with E-state index in [2.05, 4.69) is 17.6 Å².